The van der Waals surface area contributed by atoms with Gasteiger partial charge in [0.15, 0.2) is 0 Å². The first-order valence-electron chi connectivity index (χ1n) is 4.32. The molecule has 0 amide bonds. The number of nitrogens with one attached hydrogen (secondary N) is 1. The van der Waals surface area contributed by atoms with Crippen LogP contribution in [0.2, 0.25) is 0 Å². The third-order valence-corrected chi connectivity index (χ3v) is 2.71. The highest BCUT2D eigenvalue weighted by Gasteiger charge is 2.03. The topological polar surface area (TPSA) is 38.0 Å². The van der Waals surface area contributed by atoms with Crippen molar-refractivity contribution in [3.05, 3.63) is 29.8 Å². The number of thioether (sulfide) groups is 1. The minimum atomic E-state index is 0.0981. The summed E-state index contributed by atoms with van der Waals surface area (Å²) in [6, 6.07) is 8.49. The third-order valence-electron chi connectivity index (χ3n) is 1.97. The second-order valence-corrected chi connectivity index (χ2v) is 3.82. The van der Waals surface area contributed by atoms with Crippen LogP contribution in [-0.4, -0.2) is 19.8 Å². The number of hydrogen-bond donors (Lipinski definition) is 2. The predicted octanol–water partition coefficient (Wildman–Crippen LogP) is 1.63. The molecule has 0 saturated carbocycles. The number of nitrogens with two attached hydrogens (primary N) is 1. The monoisotopic (exact) mass is 196 g/mol. The molecule has 1 unspecified atom stereocenters. The molecule has 1 aromatic carbocycles. The molecule has 0 aromatic heterocycles. The Balaban J connectivity index is 2.67. The largest absolute Gasteiger partial charge is 0.323 e. The summed E-state index contributed by atoms with van der Waals surface area (Å²) in [7, 11) is 1.91. The minimum absolute atomic E-state index is 0.0981. The van der Waals surface area contributed by atoms with Crippen LogP contribution in [0.1, 0.15) is 11.6 Å². The van der Waals surface area contributed by atoms with Crippen LogP contribution in [0.5, 0.6) is 0 Å². The van der Waals surface area contributed by atoms with Crippen molar-refractivity contribution in [3.63, 3.8) is 0 Å². The Bertz CT molecular complexity index is 246. The summed E-state index contributed by atoms with van der Waals surface area (Å²) >= 11 is 1.75. The van der Waals surface area contributed by atoms with Gasteiger partial charge < -0.3 is 11.1 Å². The molecule has 0 fully saturated rings. The lowest BCUT2D eigenvalue weighted by Gasteiger charge is -2.11. The van der Waals surface area contributed by atoms with Crippen LogP contribution in [-0.2, 0) is 0 Å². The quantitative estimate of drug-likeness (QED) is 0.719. The molecule has 0 bridgehead atoms. The first-order valence-corrected chi connectivity index (χ1v) is 5.54. The fourth-order valence-electron chi connectivity index (χ4n) is 1.19. The average Bonchev–Trinajstić information content (AvgIpc) is 2.18. The summed E-state index contributed by atoms with van der Waals surface area (Å²) in [5, 5.41) is 3.06. The van der Waals surface area contributed by atoms with Crippen LogP contribution in [0.3, 0.4) is 0 Å². The Morgan fingerprint density at radius 2 is 2.00 bits per heavy atom. The van der Waals surface area contributed by atoms with Gasteiger partial charge in [0.1, 0.15) is 0 Å². The van der Waals surface area contributed by atoms with E-state index in [0.29, 0.717) is 0 Å². The fourth-order valence-corrected chi connectivity index (χ4v) is 1.60. The van der Waals surface area contributed by atoms with Gasteiger partial charge in [-0.05, 0) is 31.0 Å². The maximum Gasteiger partial charge on any atom is 0.0421 e. The van der Waals surface area contributed by atoms with Crippen LogP contribution in [0.25, 0.3) is 0 Å². The van der Waals surface area contributed by atoms with Crippen LogP contribution in [0.15, 0.2) is 29.2 Å². The molecule has 0 heterocycles. The first kappa shape index (κ1) is 10.6. The van der Waals surface area contributed by atoms with E-state index in [9.17, 15) is 0 Å². The Labute approximate surface area is 83.9 Å². The van der Waals surface area contributed by atoms with Gasteiger partial charge in [-0.1, -0.05) is 12.1 Å². The Morgan fingerprint density at radius 1 is 1.38 bits per heavy atom. The van der Waals surface area contributed by atoms with Crippen LogP contribution < -0.4 is 11.1 Å². The second kappa shape index (κ2) is 5.27. The zero-order valence-electron chi connectivity index (χ0n) is 8.08. The van der Waals surface area contributed by atoms with Gasteiger partial charge in [-0.25, -0.2) is 0 Å². The highest BCUT2D eigenvalue weighted by atomic mass is 32.2. The summed E-state index contributed by atoms with van der Waals surface area (Å²) < 4.78 is 0. The van der Waals surface area contributed by atoms with Gasteiger partial charge in [0, 0.05) is 17.5 Å². The van der Waals surface area contributed by atoms with Crippen molar-refractivity contribution in [1.29, 1.82) is 0 Å². The lowest BCUT2D eigenvalue weighted by molar-refractivity contribution is 0.653. The van der Waals surface area contributed by atoms with Crippen LogP contribution in [0, 0.1) is 0 Å². The highest BCUT2D eigenvalue weighted by molar-refractivity contribution is 7.98. The number of likely N-dealkylation sites (N-methyl/N-ethyl adjacent to an activating group) is 1. The van der Waals surface area contributed by atoms with E-state index in [2.05, 4.69) is 35.8 Å². The van der Waals surface area contributed by atoms with Gasteiger partial charge in [-0.3, -0.25) is 0 Å². The maximum atomic E-state index is 5.93. The van der Waals surface area contributed by atoms with E-state index >= 15 is 0 Å². The number of benzene rings is 1. The third kappa shape index (κ3) is 3.03. The molecule has 13 heavy (non-hydrogen) atoms. The summed E-state index contributed by atoms with van der Waals surface area (Å²) in [5.41, 5.74) is 7.11. The van der Waals surface area contributed by atoms with E-state index in [1.165, 1.54) is 10.5 Å². The van der Waals surface area contributed by atoms with Gasteiger partial charge in [0.05, 0.1) is 0 Å². The zero-order valence-corrected chi connectivity index (χ0v) is 8.90. The smallest absolute Gasteiger partial charge is 0.0421 e. The van der Waals surface area contributed by atoms with Gasteiger partial charge >= 0.3 is 0 Å². The first-order chi connectivity index (χ1) is 6.27. The van der Waals surface area contributed by atoms with Crippen molar-refractivity contribution in [2.75, 3.05) is 19.8 Å². The molecule has 0 radical (unpaired) electrons. The molecule has 1 rings (SSSR count). The average molecular weight is 196 g/mol. The summed E-state index contributed by atoms with van der Waals surface area (Å²) in [6.45, 7) is 0.818. The van der Waals surface area contributed by atoms with Crippen LogP contribution in [0.4, 0.5) is 0 Å². The molecular weight excluding hydrogens is 180 g/mol. The molecule has 0 aliphatic carbocycles. The van der Waals surface area contributed by atoms with Crippen molar-refractivity contribution in [2.45, 2.75) is 10.9 Å². The Kier molecular flexibility index (Phi) is 4.28. The molecule has 0 aliphatic heterocycles. The predicted molar refractivity (Wildman–Crippen MR) is 59.1 cm³/mol. The number of rotatable bonds is 4. The van der Waals surface area contributed by atoms with E-state index in [1.807, 2.05) is 7.05 Å². The molecule has 72 valence electrons. The van der Waals surface area contributed by atoms with Gasteiger partial charge in [-0.15, -0.1) is 11.8 Å². The Hall–Kier alpha value is -0.510. The van der Waals surface area contributed by atoms with Crippen molar-refractivity contribution in [1.82, 2.24) is 5.32 Å². The molecule has 0 aliphatic rings. The molecule has 0 saturated heterocycles. The SMILES string of the molecule is CNCC(N)c1ccc(SC)cc1. The van der Waals surface area contributed by atoms with Gasteiger partial charge in [0.2, 0.25) is 0 Å². The zero-order chi connectivity index (χ0) is 9.68. The van der Waals surface area contributed by atoms with Gasteiger partial charge in [0.25, 0.3) is 0 Å². The molecule has 1 atom stereocenters. The number of hydrogen-bond acceptors (Lipinski definition) is 3. The highest BCUT2D eigenvalue weighted by Crippen LogP contribution is 2.17. The van der Waals surface area contributed by atoms with E-state index in [-0.39, 0.29) is 6.04 Å². The molecule has 2 nitrogen and oxygen atoms in total. The standard InChI is InChI=1S/C10H16N2S/c1-12-7-10(11)8-3-5-9(13-2)6-4-8/h3-6,10,12H,7,11H2,1-2H3. The van der Waals surface area contributed by atoms with Gasteiger partial charge in [-0.2, -0.15) is 0 Å². The van der Waals surface area contributed by atoms with E-state index in [0.717, 1.165) is 6.54 Å². The van der Waals surface area contributed by atoms with Crippen molar-refractivity contribution >= 4 is 11.8 Å². The minimum Gasteiger partial charge on any atom is -0.323 e. The molecular formula is C10H16N2S. The van der Waals surface area contributed by atoms with E-state index in [4.69, 9.17) is 5.73 Å². The maximum absolute atomic E-state index is 5.93. The molecule has 3 N–H and O–H groups in total. The summed E-state index contributed by atoms with van der Waals surface area (Å²) in [4.78, 5) is 1.28. The molecule has 0 spiro atoms. The van der Waals surface area contributed by atoms with Crippen molar-refractivity contribution < 1.29 is 0 Å². The lowest BCUT2D eigenvalue weighted by Crippen LogP contribution is -2.23. The lowest BCUT2D eigenvalue weighted by atomic mass is 10.1. The summed E-state index contributed by atoms with van der Waals surface area (Å²) in [6.07, 6.45) is 2.07. The normalized spacial score (nSPS) is 12.8. The van der Waals surface area contributed by atoms with Crippen molar-refractivity contribution in [2.24, 2.45) is 5.73 Å². The van der Waals surface area contributed by atoms with E-state index < -0.39 is 0 Å². The Morgan fingerprint density at radius 3 is 2.46 bits per heavy atom. The van der Waals surface area contributed by atoms with Crippen LogP contribution >= 0.6 is 11.8 Å². The molecule has 1 aromatic rings. The molecule has 3 heteroatoms. The van der Waals surface area contributed by atoms with Crippen molar-refractivity contribution in [3.8, 4) is 0 Å². The van der Waals surface area contributed by atoms with E-state index in [1.54, 1.807) is 11.8 Å². The summed E-state index contributed by atoms with van der Waals surface area (Å²) in [5.74, 6) is 0. The fraction of sp³-hybridized carbons (Fsp3) is 0.400. The second-order valence-electron chi connectivity index (χ2n) is 2.94.